The van der Waals surface area contributed by atoms with Crippen LogP contribution in [-0.4, -0.2) is 33.5 Å². The summed E-state index contributed by atoms with van der Waals surface area (Å²) in [6.07, 6.45) is 0. The normalized spacial score (nSPS) is 14.3. The zero-order valence-electron chi connectivity index (χ0n) is 6.15. The van der Waals surface area contributed by atoms with Crippen LogP contribution >= 0.6 is 15.9 Å². The summed E-state index contributed by atoms with van der Waals surface area (Å²) in [7, 11) is 1.18. The van der Waals surface area contributed by atoms with Gasteiger partial charge in [-0.3, -0.25) is 15.4 Å². The topological polar surface area (TPSA) is 92.8 Å². The number of nitro groups is 1. The van der Waals surface area contributed by atoms with Crippen molar-refractivity contribution in [2.45, 2.75) is 11.4 Å². The van der Waals surface area contributed by atoms with Crippen molar-refractivity contribution in [2.24, 2.45) is 0 Å². The van der Waals surface area contributed by atoms with Crippen LogP contribution in [0.1, 0.15) is 6.92 Å². The van der Waals surface area contributed by atoms with Crippen molar-refractivity contribution in [2.75, 3.05) is 13.7 Å². The zero-order chi connectivity index (χ0) is 9.49. The van der Waals surface area contributed by atoms with Crippen molar-refractivity contribution in [1.29, 1.82) is 0 Å². The Morgan fingerprint density at radius 1 is 1.82 bits per heavy atom. The Balaban J connectivity index is 0. The van der Waals surface area contributed by atoms with Crippen molar-refractivity contribution < 1.29 is 20.2 Å². The Kier molecular flexibility index (Phi) is 7.85. The fourth-order valence-electron chi connectivity index (χ4n) is 0.0577. The van der Waals surface area contributed by atoms with Gasteiger partial charge in [-0.15, -0.1) is 0 Å². The van der Waals surface area contributed by atoms with Gasteiger partial charge in [-0.2, -0.15) is 0 Å². The molecule has 0 rings (SSSR count). The van der Waals surface area contributed by atoms with Gasteiger partial charge in [-0.05, 0) is 0 Å². The van der Waals surface area contributed by atoms with Crippen LogP contribution < -0.4 is 0 Å². The Morgan fingerprint density at radius 2 is 2.09 bits per heavy atom. The highest BCUT2D eigenvalue weighted by Crippen LogP contribution is 2.15. The molecule has 0 aliphatic carbocycles. The number of nitrogens with zero attached hydrogens (tertiary/aromatic N) is 1. The highest BCUT2D eigenvalue weighted by molar-refractivity contribution is 9.10. The summed E-state index contributed by atoms with van der Waals surface area (Å²) in [6, 6.07) is 0. The highest BCUT2D eigenvalue weighted by Gasteiger charge is 2.31. The molecule has 0 amide bonds. The smallest absolute Gasteiger partial charge is 0.294 e. The van der Waals surface area contributed by atoms with E-state index >= 15 is 0 Å². The van der Waals surface area contributed by atoms with Gasteiger partial charge in [-0.1, -0.05) is 0 Å². The molecule has 0 aromatic carbocycles. The van der Waals surface area contributed by atoms with Gasteiger partial charge in [-0.25, -0.2) is 4.89 Å². The van der Waals surface area contributed by atoms with Crippen LogP contribution in [0.3, 0.4) is 0 Å². The first-order chi connectivity index (χ1) is 4.92. The molecule has 68 valence electrons. The lowest BCUT2D eigenvalue weighted by molar-refractivity contribution is -0.534. The molecule has 0 saturated carbocycles. The van der Waals surface area contributed by atoms with E-state index in [0.717, 1.165) is 0 Å². The number of aliphatic hydroxyl groups is 1. The average molecular weight is 232 g/mol. The maximum atomic E-state index is 9.85. The molecule has 6 nitrogen and oxygen atoms in total. The maximum absolute atomic E-state index is 9.85. The van der Waals surface area contributed by atoms with E-state index in [1.54, 1.807) is 0 Å². The molecule has 2 N–H and O–H groups in total. The molecule has 1 unspecified atom stereocenters. The van der Waals surface area contributed by atoms with E-state index in [1.807, 2.05) is 0 Å². The minimum Gasteiger partial charge on any atom is -0.388 e. The lowest BCUT2D eigenvalue weighted by Gasteiger charge is -2.07. The summed E-state index contributed by atoms with van der Waals surface area (Å²) < 4.78 is -1.37. The van der Waals surface area contributed by atoms with Gasteiger partial charge in [0.2, 0.25) is 0 Å². The third-order valence-corrected chi connectivity index (χ3v) is 1.21. The Bertz CT molecular complexity index is 117. The summed E-state index contributed by atoms with van der Waals surface area (Å²) >= 11 is 2.70. The quantitative estimate of drug-likeness (QED) is 0.237. The molecule has 0 radical (unpaired) electrons. The largest absolute Gasteiger partial charge is 0.388 e. The van der Waals surface area contributed by atoms with E-state index in [2.05, 4.69) is 20.8 Å². The zero-order valence-corrected chi connectivity index (χ0v) is 7.74. The predicted octanol–water partition coefficient (Wildman–Crippen LogP) is 0.472. The molecule has 0 heterocycles. The van der Waals surface area contributed by atoms with E-state index < -0.39 is 16.0 Å². The van der Waals surface area contributed by atoms with E-state index in [-0.39, 0.29) is 0 Å². The monoisotopic (exact) mass is 231 g/mol. The Labute approximate surface area is 72.0 Å². The molecule has 0 aromatic heterocycles. The second-order valence-electron chi connectivity index (χ2n) is 1.74. The van der Waals surface area contributed by atoms with E-state index in [4.69, 9.17) is 10.4 Å². The fourth-order valence-corrected chi connectivity index (χ4v) is 0.0577. The van der Waals surface area contributed by atoms with Crippen molar-refractivity contribution in [3.8, 4) is 0 Å². The lowest BCUT2D eigenvalue weighted by atomic mass is 10.4. The first-order valence-corrected chi connectivity index (χ1v) is 3.33. The van der Waals surface area contributed by atoms with E-state index in [1.165, 1.54) is 14.0 Å². The summed E-state index contributed by atoms with van der Waals surface area (Å²) in [4.78, 5) is 12.5. The second-order valence-corrected chi connectivity index (χ2v) is 3.45. The molecule has 0 aliphatic rings. The van der Waals surface area contributed by atoms with Crippen molar-refractivity contribution in [3.05, 3.63) is 10.1 Å². The number of rotatable bonds is 2. The molecular formula is C4H10BrNO5. The molecule has 11 heavy (non-hydrogen) atoms. The van der Waals surface area contributed by atoms with Gasteiger partial charge in [0.05, 0.1) is 7.11 Å². The third kappa shape index (κ3) is 7.66. The van der Waals surface area contributed by atoms with Gasteiger partial charge in [0, 0.05) is 27.8 Å². The number of halogens is 1. The molecule has 0 spiro atoms. The summed E-state index contributed by atoms with van der Waals surface area (Å²) in [5.74, 6) is 0. The standard InChI is InChI=1S/C3H6BrNO3.CH4O2/c1-3(4,2-6)5(7)8;1-3-2/h6H,2H2,1H3;2H,1H3. The number of aliphatic hydroxyl groups excluding tert-OH is 1. The Morgan fingerprint density at radius 3 is 2.09 bits per heavy atom. The SMILES string of the molecule is CC(Br)(CO)[N+](=O)[O-].COO. The molecule has 0 fully saturated rings. The van der Waals surface area contributed by atoms with Crippen LogP contribution in [0.5, 0.6) is 0 Å². The van der Waals surface area contributed by atoms with Gasteiger partial charge in [0.1, 0.15) is 6.61 Å². The number of hydrogen-bond donors (Lipinski definition) is 2. The summed E-state index contributed by atoms with van der Waals surface area (Å²) in [5, 5.41) is 25.2. The van der Waals surface area contributed by atoms with Crippen LogP contribution in [-0.2, 0) is 4.89 Å². The van der Waals surface area contributed by atoms with Gasteiger partial charge >= 0.3 is 0 Å². The van der Waals surface area contributed by atoms with Crippen LogP contribution in [0.15, 0.2) is 0 Å². The fraction of sp³-hybridized carbons (Fsp3) is 1.00. The molecule has 0 aromatic rings. The first-order valence-electron chi connectivity index (χ1n) is 2.54. The van der Waals surface area contributed by atoms with Crippen LogP contribution in [0.25, 0.3) is 0 Å². The number of hydrogen-bond acceptors (Lipinski definition) is 5. The van der Waals surface area contributed by atoms with Crippen molar-refractivity contribution in [1.82, 2.24) is 0 Å². The molecule has 1 atom stereocenters. The van der Waals surface area contributed by atoms with Crippen LogP contribution in [0.2, 0.25) is 0 Å². The second kappa shape index (κ2) is 6.47. The van der Waals surface area contributed by atoms with Crippen LogP contribution in [0, 0.1) is 10.1 Å². The molecule has 0 bridgehead atoms. The molecule has 0 saturated heterocycles. The third-order valence-electron chi connectivity index (χ3n) is 0.669. The summed E-state index contributed by atoms with van der Waals surface area (Å²) in [6.45, 7) is 0.785. The maximum Gasteiger partial charge on any atom is 0.294 e. The highest BCUT2D eigenvalue weighted by atomic mass is 79.9. The minimum atomic E-state index is -1.37. The van der Waals surface area contributed by atoms with Crippen LogP contribution in [0.4, 0.5) is 0 Å². The van der Waals surface area contributed by atoms with Crippen molar-refractivity contribution >= 4 is 15.9 Å². The van der Waals surface area contributed by atoms with Gasteiger partial charge in [0.25, 0.3) is 4.45 Å². The lowest BCUT2D eigenvalue weighted by Crippen LogP contribution is -2.31. The van der Waals surface area contributed by atoms with Crippen molar-refractivity contribution in [3.63, 3.8) is 0 Å². The van der Waals surface area contributed by atoms with E-state index in [9.17, 15) is 10.1 Å². The number of alkyl halides is 1. The van der Waals surface area contributed by atoms with Gasteiger partial charge < -0.3 is 5.11 Å². The first kappa shape index (κ1) is 13.4. The van der Waals surface area contributed by atoms with Gasteiger partial charge in [0.15, 0.2) is 0 Å². The summed E-state index contributed by atoms with van der Waals surface area (Å²) in [5.41, 5.74) is 0. The molecule has 0 aliphatic heterocycles. The Hall–Kier alpha value is -0.240. The minimum absolute atomic E-state index is 0.500. The van der Waals surface area contributed by atoms with E-state index in [0.29, 0.717) is 0 Å². The molecule has 7 heteroatoms. The predicted molar refractivity (Wildman–Crippen MR) is 41.1 cm³/mol. The average Bonchev–Trinajstić information content (AvgIpc) is 1.89. The molecular weight excluding hydrogens is 222 g/mol.